The summed E-state index contributed by atoms with van der Waals surface area (Å²) in [7, 11) is 0. The van der Waals surface area contributed by atoms with E-state index in [4.69, 9.17) is 4.74 Å². The van der Waals surface area contributed by atoms with Gasteiger partial charge >= 0.3 is 0 Å². The van der Waals surface area contributed by atoms with Crippen LogP contribution in [0.25, 0.3) is 5.69 Å². The third kappa shape index (κ3) is 6.19. The van der Waals surface area contributed by atoms with E-state index in [-0.39, 0.29) is 5.91 Å². The lowest BCUT2D eigenvalue weighted by atomic mass is 10.2. The van der Waals surface area contributed by atoms with Crippen molar-refractivity contribution in [3.05, 3.63) is 48.3 Å². The normalized spacial score (nSPS) is 20.5. The predicted octanol–water partition coefficient (Wildman–Crippen LogP) is 2.42. The highest BCUT2D eigenvalue weighted by atomic mass is 16.5. The Labute approximate surface area is 161 Å². The number of para-hydroxylation sites is 1. The molecule has 1 amide bonds. The van der Waals surface area contributed by atoms with Crippen molar-refractivity contribution in [2.45, 2.75) is 45.3 Å². The van der Waals surface area contributed by atoms with Crippen LogP contribution in [0.15, 0.2) is 42.7 Å². The Morgan fingerprint density at radius 2 is 1.96 bits per heavy atom. The molecule has 6 heteroatoms. The molecule has 6 nitrogen and oxygen atoms in total. The van der Waals surface area contributed by atoms with Gasteiger partial charge in [-0.1, -0.05) is 18.2 Å². The van der Waals surface area contributed by atoms with E-state index in [2.05, 4.69) is 29.2 Å². The highest BCUT2D eigenvalue weighted by Gasteiger charge is 2.21. The van der Waals surface area contributed by atoms with Gasteiger partial charge in [-0.2, -0.15) is 5.10 Å². The van der Waals surface area contributed by atoms with Crippen LogP contribution < -0.4 is 5.32 Å². The number of aryl methyl sites for hydroxylation is 1. The van der Waals surface area contributed by atoms with Crippen LogP contribution in [0.2, 0.25) is 0 Å². The summed E-state index contributed by atoms with van der Waals surface area (Å²) < 4.78 is 7.59. The van der Waals surface area contributed by atoms with Crippen molar-refractivity contribution < 1.29 is 9.53 Å². The number of carbonyl (C=O) groups excluding carboxylic acids is 1. The van der Waals surface area contributed by atoms with Crippen LogP contribution in [0, 0.1) is 0 Å². The van der Waals surface area contributed by atoms with Gasteiger partial charge in [0, 0.05) is 38.8 Å². The van der Waals surface area contributed by atoms with Gasteiger partial charge in [0.15, 0.2) is 0 Å². The summed E-state index contributed by atoms with van der Waals surface area (Å²) >= 11 is 0. The number of hydrogen-bond acceptors (Lipinski definition) is 4. The van der Waals surface area contributed by atoms with E-state index in [1.165, 1.54) is 0 Å². The minimum Gasteiger partial charge on any atom is -0.373 e. The molecule has 0 aliphatic carbocycles. The van der Waals surface area contributed by atoms with Crippen molar-refractivity contribution in [1.29, 1.82) is 0 Å². The van der Waals surface area contributed by atoms with Crippen LogP contribution >= 0.6 is 0 Å². The second-order valence-corrected chi connectivity index (χ2v) is 7.35. The molecule has 1 fully saturated rings. The van der Waals surface area contributed by atoms with E-state index in [0.717, 1.165) is 43.9 Å². The molecule has 1 aromatic heterocycles. The summed E-state index contributed by atoms with van der Waals surface area (Å²) in [6.07, 6.45) is 6.57. The second-order valence-electron chi connectivity index (χ2n) is 7.35. The van der Waals surface area contributed by atoms with Crippen molar-refractivity contribution in [3.8, 4) is 5.69 Å². The fourth-order valence-electron chi connectivity index (χ4n) is 3.55. The van der Waals surface area contributed by atoms with Crippen molar-refractivity contribution in [3.63, 3.8) is 0 Å². The maximum absolute atomic E-state index is 12.1. The highest BCUT2D eigenvalue weighted by molar-refractivity contribution is 5.76. The van der Waals surface area contributed by atoms with Crippen molar-refractivity contribution in [2.75, 3.05) is 26.2 Å². The standard InChI is InChI=1S/C21H30N4O2/c1-17-14-24(15-18(2)27-17)12-6-11-22-21(26)10-9-19-13-23-25(16-19)20-7-4-3-5-8-20/h3-5,7-8,13,16-18H,6,9-12,14-15H2,1-2H3,(H,22,26). The molecule has 0 bridgehead atoms. The van der Waals surface area contributed by atoms with E-state index in [9.17, 15) is 4.79 Å². The van der Waals surface area contributed by atoms with E-state index < -0.39 is 0 Å². The lowest BCUT2D eigenvalue weighted by Crippen LogP contribution is -2.46. The van der Waals surface area contributed by atoms with Gasteiger partial charge in [0.2, 0.25) is 5.91 Å². The van der Waals surface area contributed by atoms with Crippen LogP contribution in [0.5, 0.6) is 0 Å². The predicted molar refractivity (Wildman–Crippen MR) is 106 cm³/mol. The van der Waals surface area contributed by atoms with E-state index in [0.29, 0.717) is 25.0 Å². The van der Waals surface area contributed by atoms with Crippen LogP contribution in [0.3, 0.4) is 0 Å². The molecule has 2 heterocycles. The zero-order chi connectivity index (χ0) is 19.1. The first-order valence-corrected chi connectivity index (χ1v) is 9.83. The number of ether oxygens (including phenoxy) is 1. The SMILES string of the molecule is CC1CN(CCCNC(=O)CCc2cnn(-c3ccccc3)c2)CC(C)O1. The van der Waals surface area contributed by atoms with E-state index in [1.807, 2.05) is 47.4 Å². The number of morpholine rings is 1. The van der Waals surface area contributed by atoms with E-state index in [1.54, 1.807) is 0 Å². The first kappa shape index (κ1) is 19.6. The van der Waals surface area contributed by atoms with Crippen molar-refractivity contribution >= 4 is 5.91 Å². The molecule has 2 aromatic rings. The monoisotopic (exact) mass is 370 g/mol. The minimum atomic E-state index is 0.103. The number of nitrogens with one attached hydrogen (secondary N) is 1. The minimum absolute atomic E-state index is 0.103. The number of carbonyl (C=O) groups is 1. The molecule has 1 N–H and O–H groups in total. The number of amides is 1. The molecule has 1 aromatic carbocycles. The number of nitrogens with zero attached hydrogens (tertiary/aromatic N) is 3. The number of benzene rings is 1. The van der Waals surface area contributed by atoms with Crippen LogP contribution in [0.1, 0.15) is 32.3 Å². The van der Waals surface area contributed by atoms with E-state index >= 15 is 0 Å². The molecular weight excluding hydrogens is 340 g/mol. The fraction of sp³-hybridized carbons (Fsp3) is 0.524. The smallest absolute Gasteiger partial charge is 0.220 e. The van der Waals surface area contributed by atoms with Gasteiger partial charge in [-0.05, 0) is 44.4 Å². The average molecular weight is 370 g/mol. The lowest BCUT2D eigenvalue weighted by molar-refractivity contribution is -0.121. The highest BCUT2D eigenvalue weighted by Crippen LogP contribution is 2.11. The fourth-order valence-corrected chi connectivity index (χ4v) is 3.55. The molecule has 27 heavy (non-hydrogen) atoms. The molecule has 1 aliphatic rings. The summed E-state index contributed by atoms with van der Waals surface area (Å²) in [5, 5.41) is 7.40. The molecule has 2 unspecified atom stereocenters. The maximum atomic E-state index is 12.1. The summed E-state index contributed by atoms with van der Waals surface area (Å²) in [6, 6.07) is 9.99. The molecule has 1 saturated heterocycles. The number of hydrogen-bond donors (Lipinski definition) is 1. The Morgan fingerprint density at radius 3 is 2.70 bits per heavy atom. The Hall–Kier alpha value is -2.18. The van der Waals surface area contributed by atoms with Crippen LogP contribution in [-0.2, 0) is 16.0 Å². The van der Waals surface area contributed by atoms with Gasteiger partial charge in [0.05, 0.1) is 24.1 Å². The third-order valence-electron chi connectivity index (χ3n) is 4.77. The first-order chi connectivity index (χ1) is 13.1. The summed E-state index contributed by atoms with van der Waals surface area (Å²) in [4.78, 5) is 14.5. The average Bonchev–Trinajstić information content (AvgIpc) is 3.13. The molecule has 146 valence electrons. The molecular formula is C21H30N4O2. The Balaban J connectivity index is 1.33. The van der Waals surface area contributed by atoms with Crippen molar-refractivity contribution in [1.82, 2.24) is 20.0 Å². The Kier molecular flexibility index (Phi) is 7.01. The Bertz CT molecular complexity index is 706. The van der Waals surface area contributed by atoms with Gasteiger partial charge in [0.1, 0.15) is 0 Å². The molecule has 0 spiro atoms. The largest absolute Gasteiger partial charge is 0.373 e. The topological polar surface area (TPSA) is 59.4 Å². The lowest BCUT2D eigenvalue weighted by Gasteiger charge is -2.35. The number of rotatable bonds is 8. The molecule has 2 atom stereocenters. The molecule has 3 rings (SSSR count). The Morgan fingerprint density at radius 1 is 1.22 bits per heavy atom. The summed E-state index contributed by atoms with van der Waals surface area (Å²) in [6.45, 7) is 7.91. The van der Waals surface area contributed by atoms with Gasteiger partial charge in [-0.3, -0.25) is 9.69 Å². The zero-order valence-corrected chi connectivity index (χ0v) is 16.3. The van der Waals surface area contributed by atoms with Crippen LogP contribution in [0.4, 0.5) is 0 Å². The molecule has 0 radical (unpaired) electrons. The zero-order valence-electron chi connectivity index (χ0n) is 16.3. The first-order valence-electron chi connectivity index (χ1n) is 9.83. The maximum Gasteiger partial charge on any atom is 0.220 e. The quantitative estimate of drug-likeness (QED) is 0.725. The van der Waals surface area contributed by atoms with Gasteiger partial charge in [0.25, 0.3) is 0 Å². The van der Waals surface area contributed by atoms with Gasteiger partial charge in [-0.15, -0.1) is 0 Å². The van der Waals surface area contributed by atoms with Crippen molar-refractivity contribution in [2.24, 2.45) is 0 Å². The summed E-state index contributed by atoms with van der Waals surface area (Å²) in [5.74, 6) is 0.103. The third-order valence-corrected chi connectivity index (χ3v) is 4.77. The van der Waals surface area contributed by atoms with Crippen LogP contribution in [-0.4, -0.2) is 59.0 Å². The summed E-state index contributed by atoms with van der Waals surface area (Å²) in [5.41, 5.74) is 2.10. The van der Waals surface area contributed by atoms with Gasteiger partial charge < -0.3 is 10.1 Å². The molecule has 0 saturated carbocycles. The number of aromatic nitrogens is 2. The second kappa shape index (κ2) is 9.67. The van der Waals surface area contributed by atoms with Gasteiger partial charge in [-0.25, -0.2) is 4.68 Å². The molecule has 1 aliphatic heterocycles.